The van der Waals surface area contributed by atoms with Crippen LogP contribution >= 0.6 is 0 Å². The molecule has 1 heterocycles. The Morgan fingerprint density at radius 3 is 2.79 bits per heavy atom. The van der Waals surface area contributed by atoms with Crippen molar-refractivity contribution in [1.82, 2.24) is 0 Å². The van der Waals surface area contributed by atoms with Gasteiger partial charge < -0.3 is 14.6 Å². The first-order valence-electron chi connectivity index (χ1n) is 6.58. The molecule has 19 heavy (non-hydrogen) atoms. The van der Waals surface area contributed by atoms with Gasteiger partial charge in [0.1, 0.15) is 11.4 Å². The Kier molecular flexibility index (Phi) is 3.43. The van der Waals surface area contributed by atoms with Gasteiger partial charge in [0.05, 0.1) is 18.1 Å². The number of hydrogen-bond acceptors (Lipinski definition) is 4. The lowest BCUT2D eigenvalue weighted by Crippen LogP contribution is -2.35. The molecule has 0 amide bonds. The number of carbonyl (C=O) groups excluding carboxylic acids is 1. The molecular formula is C15H20O4. The van der Waals surface area contributed by atoms with Crippen LogP contribution in [0.4, 0.5) is 0 Å². The number of carbonyl (C=O) groups is 1. The minimum Gasteiger partial charge on any atom is -0.504 e. The van der Waals surface area contributed by atoms with Crippen LogP contribution < -0.4 is 9.47 Å². The summed E-state index contributed by atoms with van der Waals surface area (Å²) in [6.45, 7) is 7.67. The molecule has 1 aromatic rings. The molecule has 4 heteroatoms. The van der Waals surface area contributed by atoms with Gasteiger partial charge in [-0.2, -0.15) is 0 Å². The van der Waals surface area contributed by atoms with E-state index in [1.807, 2.05) is 27.7 Å². The van der Waals surface area contributed by atoms with Crippen LogP contribution in [0.25, 0.3) is 0 Å². The summed E-state index contributed by atoms with van der Waals surface area (Å²) in [5.74, 6) is 0.809. The lowest BCUT2D eigenvalue weighted by molar-refractivity contribution is 0.0615. The van der Waals surface area contributed by atoms with Gasteiger partial charge in [-0.25, -0.2) is 0 Å². The molecule has 1 aliphatic rings. The zero-order valence-electron chi connectivity index (χ0n) is 11.8. The lowest BCUT2D eigenvalue weighted by Gasteiger charge is -2.32. The number of fused-ring (bicyclic) bond motifs is 1. The molecule has 1 aromatic carbocycles. The van der Waals surface area contributed by atoms with Crippen molar-refractivity contribution in [3.05, 3.63) is 17.7 Å². The number of Topliss-reactive ketones (excluding diaryl/α,β-unsaturated/α-hetero) is 1. The molecule has 0 aliphatic carbocycles. The van der Waals surface area contributed by atoms with Gasteiger partial charge in [0.15, 0.2) is 17.3 Å². The number of ketones is 1. The monoisotopic (exact) mass is 264 g/mol. The first-order valence-corrected chi connectivity index (χ1v) is 6.58. The molecule has 1 unspecified atom stereocenters. The number of aromatic hydroxyl groups is 1. The fourth-order valence-corrected chi connectivity index (χ4v) is 2.06. The molecule has 104 valence electrons. The molecule has 0 fully saturated rings. The average Bonchev–Trinajstić information content (AvgIpc) is 2.30. The molecular weight excluding hydrogens is 244 g/mol. The minimum atomic E-state index is -0.519. The summed E-state index contributed by atoms with van der Waals surface area (Å²) >= 11 is 0. The van der Waals surface area contributed by atoms with Gasteiger partial charge in [0.25, 0.3) is 0 Å². The van der Waals surface area contributed by atoms with Crippen LogP contribution in [-0.4, -0.2) is 22.6 Å². The second kappa shape index (κ2) is 4.76. The maximum absolute atomic E-state index is 12.0. The molecule has 1 aliphatic heterocycles. The first-order chi connectivity index (χ1) is 8.82. The van der Waals surface area contributed by atoms with Gasteiger partial charge >= 0.3 is 0 Å². The predicted molar refractivity (Wildman–Crippen MR) is 72.1 cm³/mol. The van der Waals surface area contributed by atoms with E-state index in [1.165, 1.54) is 6.07 Å². The quantitative estimate of drug-likeness (QED) is 0.910. The van der Waals surface area contributed by atoms with Crippen molar-refractivity contribution in [3.8, 4) is 17.2 Å². The summed E-state index contributed by atoms with van der Waals surface area (Å²) in [6.07, 6.45) is 1.14. The van der Waals surface area contributed by atoms with E-state index in [2.05, 4.69) is 0 Å². The van der Waals surface area contributed by atoms with E-state index in [-0.39, 0.29) is 17.6 Å². The largest absolute Gasteiger partial charge is 0.504 e. The highest BCUT2D eigenvalue weighted by molar-refractivity contribution is 6.01. The molecule has 0 saturated carbocycles. The Bertz CT molecular complexity index is 505. The van der Waals surface area contributed by atoms with Gasteiger partial charge in [-0.1, -0.05) is 6.92 Å². The third-order valence-corrected chi connectivity index (χ3v) is 3.24. The van der Waals surface area contributed by atoms with E-state index < -0.39 is 5.60 Å². The Balaban J connectivity index is 2.39. The van der Waals surface area contributed by atoms with Crippen LogP contribution in [0.2, 0.25) is 0 Å². The summed E-state index contributed by atoms with van der Waals surface area (Å²) in [5.41, 5.74) is -0.0948. The molecule has 1 atom stereocenters. The minimum absolute atomic E-state index is 0.00347. The molecule has 0 saturated heterocycles. The molecule has 2 rings (SSSR count). The standard InChI is InChI=1S/C15H20O4/c1-5-9(2)18-14-7-13-10(6-11(14)16)12(17)8-15(3,4)19-13/h6-7,9,16H,5,8H2,1-4H3. The zero-order chi connectivity index (χ0) is 14.2. The first kappa shape index (κ1) is 13.7. The molecule has 0 spiro atoms. The summed E-state index contributed by atoms with van der Waals surface area (Å²) in [6, 6.07) is 3.04. The number of ether oxygens (including phenoxy) is 2. The van der Waals surface area contributed by atoms with Crippen molar-refractivity contribution in [3.63, 3.8) is 0 Å². The highest BCUT2D eigenvalue weighted by atomic mass is 16.5. The summed E-state index contributed by atoms with van der Waals surface area (Å²) in [7, 11) is 0. The van der Waals surface area contributed by atoms with Crippen LogP contribution in [0.3, 0.4) is 0 Å². The highest BCUT2D eigenvalue weighted by Crippen LogP contribution is 2.40. The van der Waals surface area contributed by atoms with Crippen LogP contribution in [0, 0.1) is 0 Å². The molecule has 4 nitrogen and oxygen atoms in total. The number of rotatable bonds is 3. The summed E-state index contributed by atoms with van der Waals surface area (Å²) in [5, 5.41) is 9.93. The van der Waals surface area contributed by atoms with E-state index in [9.17, 15) is 9.90 Å². The smallest absolute Gasteiger partial charge is 0.170 e. The van der Waals surface area contributed by atoms with Gasteiger partial charge in [-0.15, -0.1) is 0 Å². The van der Waals surface area contributed by atoms with E-state index in [1.54, 1.807) is 6.07 Å². The normalized spacial score (nSPS) is 18.4. The lowest BCUT2D eigenvalue weighted by atomic mass is 9.93. The maximum Gasteiger partial charge on any atom is 0.170 e. The van der Waals surface area contributed by atoms with E-state index in [4.69, 9.17) is 9.47 Å². The van der Waals surface area contributed by atoms with E-state index >= 15 is 0 Å². The van der Waals surface area contributed by atoms with Crippen LogP contribution in [0.5, 0.6) is 17.2 Å². The number of hydrogen-bond donors (Lipinski definition) is 1. The molecule has 0 bridgehead atoms. The highest BCUT2D eigenvalue weighted by Gasteiger charge is 2.33. The van der Waals surface area contributed by atoms with Crippen LogP contribution in [0.1, 0.15) is 50.9 Å². The fraction of sp³-hybridized carbons (Fsp3) is 0.533. The van der Waals surface area contributed by atoms with Gasteiger partial charge in [-0.3, -0.25) is 4.79 Å². The average molecular weight is 264 g/mol. The SMILES string of the molecule is CCC(C)Oc1cc2c(cc1O)C(=O)CC(C)(C)O2. The Morgan fingerprint density at radius 2 is 2.16 bits per heavy atom. The van der Waals surface area contributed by atoms with Crippen molar-refractivity contribution >= 4 is 5.78 Å². The van der Waals surface area contributed by atoms with E-state index in [0.717, 1.165) is 6.42 Å². The molecule has 1 N–H and O–H groups in total. The van der Waals surface area contributed by atoms with Crippen molar-refractivity contribution in [2.24, 2.45) is 0 Å². The van der Waals surface area contributed by atoms with Crippen molar-refractivity contribution in [1.29, 1.82) is 0 Å². The number of phenolic OH excluding ortho intramolecular Hbond substituents is 1. The Morgan fingerprint density at radius 1 is 1.47 bits per heavy atom. The third kappa shape index (κ3) is 2.83. The van der Waals surface area contributed by atoms with Gasteiger partial charge in [-0.05, 0) is 33.3 Å². The summed E-state index contributed by atoms with van der Waals surface area (Å²) in [4.78, 5) is 12.0. The number of benzene rings is 1. The summed E-state index contributed by atoms with van der Waals surface area (Å²) < 4.78 is 11.4. The van der Waals surface area contributed by atoms with E-state index in [0.29, 0.717) is 23.5 Å². The predicted octanol–water partition coefficient (Wildman–Crippen LogP) is 3.31. The van der Waals surface area contributed by atoms with Gasteiger partial charge in [0.2, 0.25) is 0 Å². The maximum atomic E-state index is 12.0. The third-order valence-electron chi connectivity index (χ3n) is 3.24. The Labute approximate surface area is 113 Å². The van der Waals surface area contributed by atoms with Crippen LogP contribution in [0.15, 0.2) is 12.1 Å². The zero-order valence-corrected chi connectivity index (χ0v) is 11.8. The molecule has 0 aromatic heterocycles. The van der Waals surface area contributed by atoms with Crippen LogP contribution in [-0.2, 0) is 0 Å². The van der Waals surface area contributed by atoms with Crippen molar-refractivity contribution in [2.75, 3.05) is 0 Å². The second-order valence-electron chi connectivity index (χ2n) is 5.61. The van der Waals surface area contributed by atoms with Crippen molar-refractivity contribution < 1.29 is 19.4 Å². The molecule has 0 radical (unpaired) electrons. The Hall–Kier alpha value is -1.71. The number of phenols is 1. The second-order valence-corrected chi connectivity index (χ2v) is 5.61. The van der Waals surface area contributed by atoms with Crippen molar-refractivity contribution in [2.45, 2.75) is 52.2 Å². The topological polar surface area (TPSA) is 55.8 Å². The fourth-order valence-electron chi connectivity index (χ4n) is 2.06. The van der Waals surface area contributed by atoms with Gasteiger partial charge in [0, 0.05) is 6.07 Å².